The van der Waals surface area contributed by atoms with Gasteiger partial charge in [-0.05, 0) is 87.4 Å². The van der Waals surface area contributed by atoms with Crippen LogP contribution in [0.4, 0.5) is 0 Å². The van der Waals surface area contributed by atoms with Crippen LogP contribution in [0.25, 0.3) is 0 Å². The van der Waals surface area contributed by atoms with Crippen molar-refractivity contribution in [1.29, 1.82) is 0 Å². The molecule has 10 atom stereocenters. The first-order valence-corrected chi connectivity index (χ1v) is 26.1. The first kappa shape index (κ1) is 66.8. The Morgan fingerprint density at radius 1 is 0.480 bits per heavy atom. The molecule has 1 aromatic rings. The van der Waals surface area contributed by atoms with Gasteiger partial charge in [0.1, 0.15) is 54.4 Å². The SMILES string of the molecule is CCCC(=O)N[C@@H](CCN)C(=O)N[C@H](C(=O)N[C@@H](CCN)C(=O)N[C@H](Cc1ccccc1)C(=O)N[C@@H](CC(C)C)C(=O)N[C@@H](CCN)C(=O)N[C@@H](C(=O)N[C@@H](CC(C)C)C(=O)N[C@@H](CO)C(N)=O)C(C)C)[C@@H](C)CC. The van der Waals surface area contributed by atoms with Gasteiger partial charge in [-0.1, -0.05) is 99.1 Å². The van der Waals surface area contributed by atoms with Crippen LogP contribution in [-0.2, 0) is 54.4 Å². The molecule has 0 heterocycles. The highest BCUT2D eigenvalue weighted by atomic mass is 16.3. The number of hydrogen-bond acceptors (Lipinski definition) is 14. The zero-order valence-corrected chi connectivity index (χ0v) is 45.4. The number of nitrogens with one attached hydrogen (secondary N) is 9. The molecular weight excluding hydrogens is 971 g/mol. The molecule has 0 fully saturated rings. The molecule has 75 heavy (non-hydrogen) atoms. The lowest BCUT2D eigenvalue weighted by molar-refractivity contribution is -0.136. The Hall–Kier alpha value is -6.24. The summed E-state index contributed by atoms with van der Waals surface area (Å²) in [7, 11) is 0. The number of nitrogens with two attached hydrogens (primary N) is 4. The molecule has 0 aliphatic rings. The van der Waals surface area contributed by atoms with Crippen molar-refractivity contribution in [1.82, 2.24) is 47.9 Å². The molecule has 1 aromatic carbocycles. The Morgan fingerprint density at radius 2 is 0.853 bits per heavy atom. The first-order valence-electron chi connectivity index (χ1n) is 26.1. The van der Waals surface area contributed by atoms with E-state index in [0.29, 0.717) is 18.4 Å². The second-order valence-electron chi connectivity index (χ2n) is 20.1. The van der Waals surface area contributed by atoms with E-state index in [9.17, 15) is 53.1 Å². The van der Waals surface area contributed by atoms with Crippen molar-refractivity contribution < 1.29 is 53.1 Å². The molecule has 0 bridgehead atoms. The van der Waals surface area contributed by atoms with Crippen LogP contribution in [0.3, 0.4) is 0 Å². The predicted octanol–water partition coefficient (Wildman–Crippen LogP) is -2.29. The number of benzene rings is 1. The number of hydrogen-bond donors (Lipinski definition) is 14. The molecule has 0 spiro atoms. The van der Waals surface area contributed by atoms with Crippen LogP contribution in [0, 0.1) is 23.7 Å². The molecule has 10 amide bonds. The van der Waals surface area contributed by atoms with Crippen LogP contribution in [0.15, 0.2) is 30.3 Å². The second kappa shape index (κ2) is 35.1. The molecule has 0 aliphatic carbocycles. The Balaban J connectivity index is 3.49. The Bertz CT molecular complexity index is 2010. The van der Waals surface area contributed by atoms with E-state index in [1.165, 1.54) is 0 Å². The van der Waals surface area contributed by atoms with E-state index < -0.39 is 126 Å². The molecule has 0 aromatic heterocycles. The fourth-order valence-corrected chi connectivity index (χ4v) is 7.83. The van der Waals surface area contributed by atoms with Gasteiger partial charge in [-0.2, -0.15) is 0 Å². The van der Waals surface area contributed by atoms with Crippen molar-refractivity contribution in [3.05, 3.63) is 35.9 Å². The van der Waals surface area contributed by atoms with E-state index >= 15 is 0 Å². The first-order chi connectivity index (χ1) is 35.4. The highest BCUT2D eigenvalue weighted by Gasteiger charge is 2.37. The van der Waals surface area contributed by atoms with Gasteiger partial charge in [-0.25, -0.2) is 0 Å². The smallest absolute Gasteiger partial charge is 0.243 e. The second-order valence-corrected chi connectivity index (χ2v) is 20.1. The third-order valence-electron chi connectivity index (χ3n) is 12.2. The van der Waals surface area contributed by atoms with E-state index in [2.05, 4.69) is 47.9 Å². The van der Waals surface area contributed by atoms with E-state index in [1.54, 1.807) is 65.0 Å². The maximum absolute atomic E-state index is 14.4. The van der Waals surface area contributed by atoms with Crippen LogP contribution >= 0.6 is 0 Å². The summed E-state index contributed by atoms with van der Waals surface area (Å²) < 4.78 is 0. The van der Waals surface area contributed by atoms with E-state index in [4.69, 9.17) is 22.9 Å². The Morgan fingerprint density at radius 3 is 1.28 bits per heavy atom. The third-order valence-corrected chi connectivity index (χ3v) is 12.2. The minimum Gasteiger partial charge on any atom is -0.394 e. The molecule has 0 aliphatic heterocycles. The minimum atomic E-state index is -1.40. The minimum absolute atomic E-state index is 0.0563. The zero-order chi connectivity index (χ0) is 56.9. The Labute approximate surface area is 442 Å². The monoisotopic (exact) mass is 1060 g/mol. The number of carbonyl (C=O) groups excluding carboxylic acids is 10. The van der Waals surface area contributed by atoms with Crippen molar-refractivity contribution in [3.63, 3.8) is 0 Å². The van der Waals surface area contributed by atoms with Gasteiger partial charge in [0.15, 0.2) is 0 Å². The summed E-state index contributed by atoms with van der Waals surface area (Å²) in [5.41, 5.74) is 23.5. The summed E-state index contributed by atoms with van der Waals surface area (Å²) in [6.45, 7) is 15.1. The summed E-state index contributed by atoms with van der Waals surface area (Å²) in [5, 5.41) is 33.4. The third kappa shape index (κ3) is 24.3. The summed E-state index contributed by atoms with van der Waals surface area (Å²) in [6.07, 6.45) is 1.29. The topological polar surface area (TPSA) is 403 Å². The predicted molar refractivity (Wildman–Crippen MR) is 283 cm³/mol. The molecule has 18 N–H and O–H groups in total. The molecule has 1 rings (SSSR count). The molecule has 24 nitrogen and oxygen atoms in total. The standard InChI is InChI=1S/C51H89N13O11/c1-10-15-40(66)56-33(18-21-52)45(69)64-42(31(9)11-2)51(75)58-34(19-22-53)44(68)60-38(26-32-16-13-12-14-17-32)49(73)59-36(24-28(3)4)47(71)57-35(20-23-54)46(70)63-41(30(7)8)50(74)61-37(25-29(5)6)48(72)62-39(27-65)43(55)67/h12-14,16-17,28-31,33-39,41-42,65H,10-11,15,18-27,52-54H2,1-9H3,(H2,55,67)(H,56,66)(H,57,71)(H,58,75)(H,59,73)(H,60,68)(H,61,74)(H,62,72)(H,63,70)(H,64,69)/t31-,33-,34-,35-,36-,37-,38+,39-,41+,42-/m0/s1. The van der Waals surface area contributed by atoms with E-state index in [0.717, 1.165) is 0 Å². The lowest BCUT2D eigenvalue weighted by Gasteiger charge is -2.30. The number of carbonyl (C=O) groups is 10. The normalized spacial score (nSPS) is 15.3. The number of aliphatic hydroxyl groups is 1. The lowest BCUT2D eigenvalue weighted by Crippen LogP contribution is -2.62. The molecule has 0 saturated heterocycles. The molecule has 424 valence electrons. The van der Waals surface area contributed by atoms with Gasteiger partial charge in [0.05, 0.1) is 6.61 Å². The molecule has 0 unspecified atom stereocenters. The van der Waals surface area contributed by atoms with Crippen LogP contribution in [0.5, 0.6) is 0 Å². The number of aliphatic hydroxyl groups excluding tert-OH is 1. The molecular formula is C51H89N13O11. The van der Waals surface area contributed by atoms with Gasteiger partial charge < -0.3 is 75.9 Å². The maximum atomic E-state index is 14.4. The summed E-state index contributed by atoms with van der Waals surface area (Å²) in [5.74, 6) is -8.58. The quantitative estimate of drug-likeness (QED) is 0.0337. The highest BCUT2D eigenvalue weighted by molar-refractivity contribution is 5.98. The lowest BCUT2D eigenvalue weighted by atomic mass is 9.97. The van der Waals surface area contributed by atoms with Crippen LogP contribution in [0.1, 0.15) is 119 Å². The molecule has 0 saturated carbocycles. The fraction of sp³-hybridized carbons (Fsp3) is 0.686. The van der Waals surface area contributed by atoms with Crippen molar-refractivity contribution in [2.24, 2.45) is 46.6 Å². The van der Waals surface area contributed by atoms with Crippen molar-refractivity contribution in [2.45, 2.75) is 174 Å². The molecule has 0 radical (unpaired) electrons. The fourth-order valence-electron chi connectivity index (χ4n) is 7.83. The van der Waals surface area contributed by atoms with Gasteiger partial charge >= 0.3 is 0 Å². The number of primary amides is 1. The highest BCUT2D eigenvalue weighted by Crippen LogP contribution is 2.14. The van der Waals surface area contributed by atoms with Crippen LogP contribution in [0.2, 0.25) is 0 Å². The van der Waals surface area contributed by atoms with Crippen molar-refractivity contribution in [3.8, 4) is 0 Å². The molecule has 24 heteroatoms. The van der Waals surface area contributed by atoms with Crippen molar-refractivity contribution >= 4 is 59.1 Å². The van der Waals surface area contributed by atoms with E-state index in [-0.39, 0.29) is 82.3 Å². The maximum Gasteiger partial charge on any atom is 0.243 e. The number of amides is 10. The average Bonchev–Trinajstić information content (AvgIpc) is 3.34. The van der Waals surface area contributed by atoms with Crippen molar-refractivity contribution in [2.75, 3.05) is 26.2 Å². The van der Waals surface area contributed by atoms with Gasteiger partial charge in [-0.3, -0.25) is 47.9 Å². The van der Waals surface area contributed by atoms with Gasteiger partial charge in [-0.15, -0.1) is 0 Å². The average molecular weight is 1060 g/mol. The van der Waals surface area contributed by atoms with Gasteiger partial charge in [0, 0.05) is 12.8 Å². The van der Waals surface area contributed by atoms with Crippen LogP contribution in [-0.4, -0.2) is 145 Å². The van der Waals surface area contributed by atoms with E-state index in [1.807, 2.05) is 27.7 Å². The summed E-state index contributed by atoms with van der Waals surface area (Å²) in [4.78, 5) is 135. The zero-order valence-electron chi connectivity index (χ0n) is 45.4. The largest absolute Gasteiger partial charge is 0.394 e. The van der Waals surface area contributed by atoms with Gasteiger partial charge in [0.2, 0.25) is 59.1 Å². The Kier molecular flexibility index (Phi) is 31.2. The van der Waals surface area contributed by atoms with Gasteiger partial charge in [0.25, 0.3) is 0 Å². The summed E-state index contributed by atoms with van der Waals surface area (Å²) >= 11 is 0. The number of rotatable bonds is 36. The van der Waals surface area contributed by atoms with Crippen LogP contribution < -0.4 is 70.8 Å². The summed E-state index contributed by atoms with van der Waals surface area (Å²) in [6, 6.07) is -2.43.